The van der Waals surface area contributed by atoms with E-state index >= 15 is 0 Å². The first-order valence-corrected chi connectivity index (χ1v) is 10.5. The molecular formula is C20H25Cl2N5O. The number of likely N-dealkylation sites (tertiary alicyclic amines) is 1. The van der Waals surface area contributed by atoms with Gasteiger partial charge in [-0.2, -0.15) is 4.98 Å². The summed E-state index contributed by atoms with van der Waals surface area (Å²) in [5.74, 6) is 1.66. The van der Waals surface area contributed by atoms with Gasteiger partial charge in [0.15, 0.2) is 0 Å². The summed E-state index contributed by atoms with van der Waals surface area (Å²) in [7, 11) is 0. The molecule has 1 unspecified atom stereocenters. The number of hydrogen-bond acceptors (Lipinski definition) is 6. The van der Waals surface area contributed by atoms with E-state index in [4.69, 9.17) is 32.9 Å². The Balaban J connectivity index is 1.36. The summed E-state index contributed by atoms with van der Waals surface area (Å²) in [6, 6.07) is 8.18. The molecule has 6 nitrogen and oxygen atoms in total. The summed E-state index contributed by atoms with van der Waals surface area (Å²) < 4.78 is 5.41. The molecule has 0 saturated carbocycles. The van der Waals surface area contributed by atoms with Crippen molar-refractivity contribution in [2.24, 2.45) is 0 Å². The second-order valence-corrected chi connectivity index (χ2v) is 8.12. The van der Waals surface area contributed by atoms with Gasteiger partial charge in [-0.05, 0) is 43.1 Å². The molecule has 2 aliphatic heterocycles. The van der Waals surface area contributed by atoms with E-state index in [2.05, 4.69) is 20.1 Å². The van der Waals surface area contributed by atoms with E-state index in [1.807, 2.05) is 30.5 Å². The average Bonchev–Trinajstić information content (AvgIpc) is 2.72. The first kappa shape index (κ1) is 19.7. The van der Waals surface area contributed by atoms with Gasteiger partial charge in [-0.15, -0.1) is 0 Å². The van der Waals surface area contributed by atoms with Crippen molar-refractivity contribution in [1.82, 2.24) is 14.9 Å². The number of nitrogens with one attached hydrogen (secondary N) is 1. The number of hydrogen-bond donors (Lipinski definition) is 1. The van der Waals surface area contributed by atoms with Crippen molar-refractivity contribution in [1.29, 1.82) is 0 Å². The fraction of sp³-hybridized carbons (Fsp3) is 0.500. The third kappa shape index (κ3) is 5.06. The smallest absolute Gasteiger partial charge is 0.227 e. The first-order valence-electron chi connectivity index (χ1n) is 9.76. The standard InChI is InChI=1S/C20H25Cl2N5O/c21-17-4-3-15(12-18(17)22)13-26-7-1-2-16(14-26)24-19-5-6-23-20(25-19)27-8-10-28-11-9-27/h3-6,12,16H,1-2,7-11,13-14H2,(H,23,24,25). The largest absolute Gasteiger partial charge is 0.378 e. The van der Waals surface area contributed by atoms with Crippen LogP contribution in [0.5, 0.6) is 0 Å². The van der Waals surface area contributed by atoms with E-state index in [9.17, 15) is 0 Å². The summed E-state index contributed by atoms with van der Waals surface area (Å²) in [6.45, 7) is 6.06. The van der Waals surface area contributed by atoms with Gasteiger partial charge in [0.2, 0.25) is 5.95 Å². The number of rotatable bonds is 5. The highest BCUT2D eigenvalue weighted by atomic mass is 35.5. The van der Waals surface area contributed by atoms with Crippen molar-refractivity contribution in [3.8, 4) is 0 Å². The SMILES string of the molecule is Clc1ccc(CN2CCCC(Nc3ccnc(N4CCOCC4)n3)C2)cc1Cl. The number of anilines is 2. The van der Waals surface area contributed by atoms with E-state index in [-0.39, 0.29) is 0 Å². The lowest BCUT2D eigenvalue weighted by molar-refractivity contribution is 0.122. The zero-order valence-corrected chi connectivity index (χ0v) is 17.3. The van der Waals surface area contributed by atoms with Gasteiger partial charge in [-0.3, -0.25) is 4.90 Å². The summed E-state index contributed by atoms with van der Waals surface area (Å²) in [6.07, 6.45) is 4.12. The molecule has 3 heterocycles. The van der Waals surface area contributed by atoms with Crippen LogP contribution in [0.2, 0.25) is 10.0 Å². The zero-order valence-electron chi connectivity index (χ0n) is 15.8. The molecule has 0 radical (unpaired) electrons. The lowest BCUT2D eigenvalue weighted by Gasteiger charge is -2.33. The van der Waals surface area contributed by atoms with Crippen molar-refractivity contribution in [2.45, 2.75) is 25.4 Å². The normalized spacial score (nSPS) is 20.9. The maximum Gasteiger partial charge on any atom is 0.227 e. The lowest BCUT2D eigenvalue weighted by Crippen LogP contribution is -2.42. The Hall–Kier alpha value is -1.60. The second-order valence-electron chi connectivity index (χ2n) is 7.31. The predicted molar refractivity (Wildman–Crippen MR) is 113 cm³/mol. The van der Waals surface area contributed by atoms with Crippen LogP contribution in [0.15, 0.2) is 30.5 Å². The monoisotopic (exact) mass is 421 g/mol. The van der Waals surface area contributed by atoms with E-state index in [1.165, 1.54) is 5.56 Å². The molecule has 0 aliphatic carbocycles. The quantitative estimate of drug-likeness (QED) is 0.793. The number of nitrogens with zero attached hydrogens (tertiary/aromatic N) is 4. The number of benzene rings is 1. The molecule has 0 spiro atoms. The zero-order chi connectivity index (χ0) is 19.3. The molecule has 2 fully saturated rings. The van der Waals surface area contributed by atoms with Gasteiger partial charge >= 0.3 is 0 Å². The van der Waals surface area contributed by atoms with Gasteiger partial charge in [0, 0.05) is 38.4 Å². The van der Waals surface area contributed by atoms with Crippen LogP contribution in [-0.4, -0.2) is 60.3 Å². The lowest BCUT2D eigenvalue weighted by atomic mass is 10.0. The molecule has 2 aromatic rings. The molecule has 28 heavy (non-hydrogen) atoms. The molecule has 1 aromatic carbocycles. The maximum atomic E-state index is 6.16. The van der Waals surface area contributed by atoms with Gasteiger partial charge in [-0.1, -0.05) is 29.3 Å². The molecule has 1 N–H and O–H groups in total. The molecule has 0 amide bonds. The minimum Gasteiger partial charge on any atom is -0.378 e. The van der Waals surface area contributed by atoms with Crippen LogP contribution in [0, 0.1) is 0 Å². The molecule has 4 rings (SSSR count). The van der Waals surface area contributed by atoms with Gasteiger partial charge in [0.1, 0.15) is 5.82 Å². The van der Waals surface area contributed by atoms with Crippen LogP contribution < -0.4 is 10.2 Å². The summed E-state index contributed by atoms with van der Waals surface area (Å²) in [5.41, 5.74) is 1.19. The Morgan fingerprint density at radius 1 is 1.11 bits per heavy atom. The molecule has 1 aromatic heterocycles. The fourth-order valence-electron chi connectivity index (χ4n) is 3.77. The maximum absolute atomic E-state index is 6.16. The average molecular weight is 422 g/mol. The summed E-state index contributed by atoms with van der Waals surface area (Å²) in [4.78, 5) is 13.8. The Bertz CT molecular complexity index is 800. The molecule has 0 bridgehead atoms. The number of piperidine rings is 1. The third-order valence-corrected chi connectivity index (χ3v) is 5.92. The third-order valence-electron chi connectivity index (χ3n) is 5.18. The minimum atomic E-state index is 0.365. The van der Waals surface area contributed by atoms with Crippen molar-refractivity contribution in [3.63, 3.8) is 0 Å². The van der Waals surface area contributed by atoms with E-state index < -0.39 is 0 Å². The van der Waals surface area contributed by atoms with Crippen LogP contribution in [0.4, 0.5) is 11.8 Å². The predicted octanol–water partition coefficient (Wildman–Crippen LogP) is 3.70. The van der Waals surface area contributed by atoms with Crippen molar-refractivity contribution < 1.29 is 4.74 Å². The van der Waals surface area contributed by atoms with Gasteiger partial charge < -0.3 is 15.0 Å². The molecular weight excluding hydrogens is 397 g/mol. The Labute approximate surface area is 175 Å². The highest BCUT2D eigenvalue weighted by Crippen LogP contribution is 2.24. The van der Waals surface area contributed by atoms with Gasteiger partial charge in [0.25, 0.3) is 0 Å². The minimum absolute atomic E-state index is 0.365. The number of morpholine rings is 1. The molecule has 1 atom stereocenters. The molecule has 2 saturated heterocycles. The number of aromatic nitrogens is 2. The molecule has 2 aliphatic rings. The van der Waals surface area contributed by atoms with Crippen molar-refractivity contribution >= 4 is 35.0 Å². The Kier molecular flexibility index (Phi) is 6.52. The van der Waals surface area contributed by atoms with E-state index in [0.29, 0.717) is 16.1 Å². The second kappa shape index (κ2) is 9.27. The fourth-order valence-corrected chi connectivity index (χ4v) is 4.09. The Morgan fingerprint density at radius 2 is 1.96 bits per heavy atom. The van der Waals surface area contributed by atoms with Crippen molar-refractivity contribution in [2.75, 3.05) is 49.6 Å². The molecule has 8 heteroatoms. The van der Waals surface area contributed by atoms with Crippen LogP contribution in [0.25, 0.3) is 0 Å². The van der Waals surface area contributed by atoms with E-state index in [0.717, 1.165) is 70.5 Å². The first-order chi connectivity index (χ1) is 13.7. The number of ether oxygens (including phenoxy) is 1. The van der Waals surface area contributed by atoms with Crippen molar-refractivity contribution in [3.05, 3.63) is 46.1 Å². The summed E-state index contributed by atoms with van der Waals surface area (Å²) >= 11 is 12.2. The van der Waals surface area contributed by atoms with Crippen LogP contribution >= 0.6 is 23.2 Å². The summed E-state index contributed by atoms with van der Waals surface area (Å²) in [5, 5.41) is 4.81. The van der Waals surface area contributed by atoms with Crippen LogP contribution in [0.3, 0.4) is 0 Å². The highest BCUT2D eigenvalue weighted by molar-refractivity contribution is 6.42. The molecule has 150 valence electrons. The Morgan fingerprint density at radius 3 is 2.79 bits per heavy atom. The van der Waals surface area contributed by atoms with E-state index in [1.54, 1.807) is 0 Å². The highest BCUT2D eigenvalue weighted by Gasteiger charge is 2.21. The van der Waals surface area contributed by atoms with Crippen LogP contribution in [-0.2, 0) is 11.3 Å². The van der Waals surface area contributed by atoms with Gasteiger partial charge in [-0.25, -0.2) is 4.98 Å². The topological polar surface area (TPSA) is 53.5 Å². The van der Waals surface area contributed by atoms with Crippen LogP contribution in [0.1, 0.15) is 18.4 Å². The number of halogens is 2. The van der Waals surface area contributed by atoms with Gasteiger partial charge in [0.05, 0.1) is 23.3 Å².